The molecule has 0 spiro atoms. The number of benzene rings is 3. The Morgan fingerprint density at radius 3 is 2.00 bits per heavy atom. The summed E-state index contributed by atoms with van der Waals surface area (Å²) in [5.74, 6) is 1.04. The molecule has 31 heavy (non-hydrogen) atoms. The molecule has 2 unspecified atom stereocenters. The summed E-state index contributed by atoms with van der Waals surface area (Å²) >= 11 is 0. The Bertz CT molecular complexity index is 906. The fraction of sp³-hybridized carbons (Fsp3) is 0.333. The Morgan fingerprint density at radius 1 is 0.774 bits per heavy atom. The van der Waals surface area contributed by atoms with Crippen molar-refractivity contribution in [1.82, 2.24) is 4.90 Å². The van der Waals surface area contributed by atoms with Gasteiger partial charge >= 0.3 is 0 Å². The van der Waals surface area contributed by atoms with E-state index in [1.54, 1.807) is 0 Å². The molecule has 0 amide bonds. The average molecular weight is 418 g/mol. The highest BCUT2D eigenvalue weighted by Crippen LogP contribution is 2.30. The maximum Gasteiger partial charge on any atom is 0.119 e. The molecule has 3 aromatic carbocycles. The number of aliphatic hydroxyl groups excluding tert-OH is 2. The second-order valence-electron chi connectivity index (χ2n) is 8.35. The smallest absolute Gasteiger partial charge is 0.119 e. The molecule has 1 aliphatic rings. The first kappa shape index (κ1) is 21.6. The molecule has 0 aromatic heterocycles. The van der Waals surface area contributed by atoms with Crippen LogP contribution in [0.1, 0.15) is 24.5 Å². The topological polar surface area (TPSA) is 52.9 Å². The highest BCUT2D eigenvalue weighted by atomic mass is 16.5. The van der Waals surface area contributed by atoms with Crippen LogP contribution in [0.15, 0.2) is 84.9 Å². The van der Waals surface area contributed by atoms with Crippen molar-refractivity contribution in [2.24, 2.45) is 5.92 Å². The van der Waals surface area contributed by atoms with Crippen LogP contribution in [0.2, 0.25) is 0 Å². The Kier molecular flexibility index (Phi) is 7.36. The molecule has 4 heteroatoms. The minimum atomic E-state index is -0.538. The van der Waals surface area contributed by atoms with Gasteiger partial charge in [0.25, 0.3) is 0 Å². The summed E-state index contributed by atoms with van der Waals surface area (Å²) in [5, 5.41) is 21.1. The number of rotatable bonds is 8. The average Bonchev–Trinajstić information content (AvgIpc) is 2.84. The number of likely N-dealkylation sites (tertiary alicyclic amines) is 1. The van der Waals surface area contributed by atoms with Gasteiger partial charge in [-0.2, -0.15) is 0 Å². The van der Waals surface area contributed by atoms with Crippen LogP contribution in [0.3, 0.4) is 0 Å². The van der Waals surface area contributed by atoms with Crippen molar-refractivity contribution in [3.63, 3.8) is 0 Å². The molecule has 1 saturated heterocycles. The zero-order chi connectivity index (χ0) is 21.5. The fourth-order valence-electron chi connectivity index (χ4n) is 4.29. The van der Waals surface area contributed by atoms with Gasteiger partial charge in [0.2, 0.25) is 0 Å². The van der Waals surface area contributed by atoms with Crippen molar-refractivity contribution in [3.8, 4) is 16.9 Å². The zero-order valence-corrected chi connectivity index (χ0v) is 17.8. The number of nitrogens with zero attached hydrogens (tertiary/aromatic N) is 1. The Morgan fingerprint density at radius 2 is 1.35 bits per heavy atom. The molecule has 2 atom stereocenters. The van der Waals surface area contributed by atoms with E-state index in [4.69, 9.17) is 4.74 Å². The summed E-state index contributed by atoms with van der Waals surface area (Å²) in [6, 6.07) is 28.1. The Hall–Kier alpha value is -2.66. The first-order chi connectivity index (χ1) is 15.2. The molecule has 0 saturated carbocycles. The summed E-state index contributed by atoms with van der Waals surface area (Å²) in [7, 11) is 0. The van der Waals surface area contributed by atoms with Crippen LogP contribution in [0.4, 0.5) is 0 Å². The van der Waals surface area contributed by atoms with E-state index in [0.717, 1.165) is 42.8 Å². The van der Waals surface area contributed by atoms with Crippen molar-refractivity contribution in [1.29, 1.82) is 0 Å². The van der Waals surface area contributed by atoms with E-state index in [-0.39, 0.29) is 12.5 Å². The van der Waals surface area contributed by atoms with Crippen LogP contribution in [-0.4, -0.2) is 47.5 Å². The molecule has 0 radical (unpaired) electrons. The molecule has 3 aromatic rings. The third-order valence-corrected chi connectivity index (χ3v) is 6.09. The van der Waals surface area contributed by atoms with E-state index in [2.05, 4.69) is 17.0 Å². The number of hydrogen-bond acceptors (Lipinski definition) is 4. The monoisotopic (exact) mass is 417 g/mol. The highest BCUT2D eigenvalue weighted by molar-refractivity contribution is 5.63. The molecule has 162 valence electrons. The van der Waals surface area contributed by atoms with Crippen molar-refractivity contribution < 1.29 is 14.9 Å². The fourth-order valence-corrected chi connectivity index (χ4v) is 4.29. The molecular formula is C27H31NO3. The lowest BCUT2D eigenvalue weighted by Crippen LogP contribution is -2.41. The molecule has 1 heterocycles. The molecule has 0 aliphatic carbocycles. The SMILES string of the molecule is OC(COc1ccc(-c2ccccc2)cc1)CN1CCC(C(O)c2ccccc2)CC1. The number of β-amino-alcohol motifs (C(OH)–C–C–N with tert-alkyl or cyclic N) is 1. The van der Waals surface area contributed by atoms with Crippen molar-refractivity contribution in [2.75, 3.05) is 26.2 Å². The molecule has 1 aliphatic heterocycles. The molecule has 1 fully saturated rings. The highest BCUT2D eigenvalue weighted by Gasteiger charge is 2.27. The summed E-state index contributed by atoms with van der Waals surface area (Å²) in [5.41, 5.74) is 3.32. The van der Waals surface area contributed by atoms with Gasteiger partial charge in [0, 0.05) is 6.54 Å². The van der Waals surface area contributed by atoms with E-state index in [0.29, 0.717) is 6.54 Å². The van der Waals surface area contributed by atoms with Gasteiger partial charge in [0.05, 0.1) is 6.10 Å². The molecule has 0 bridgehead atoms. The summed E-state index contributed by atoms with van der Waals surface area (Å²) in [6.07, 6.45) is 0.926. The summed E-state index contributed by atoms with van der Waals surface area (Å²) in [4.78, 5) is 2.26. The maximum atomic E-state index is 10.6. The van der Waals surface area contributed by atoms with Gasteiger partial charge in [0.15, 0.2) is 0 Å². The normalized spacial score (nSPS) is 17.2. The lowest BCUT2D eigenvalue weighted by atomic mass is 9.87. The van der Waals surface area contributed by atoms with E-state index < -0.39 is 12.2 Å². The van der Waals surface area contributed by atoms with Crippen LogP contribution in [-0.2, 0) is 0 Å². The van der Waals surface area contributed by atoms with Gasteiger partial charge in [-0.25, -0.2) is 0 Å². The van der Waals surface area contributed by atoms with Gasteiger partial charge in [-0.15, -0.1) is 0 Å². The van der Waals surface area contributed by atoms with Crippen molar-refractivity contribution in [2.45, 2.75) is 25.0 Å². The van der Waals surface area contributed by atoms with Gasteiger partial charge in [0.1, 0.15) is 18.5 Å². The van der Waals surface area contributed by atoms with Crippen LogP contribution in [0.25, 0.3) is 11.1 Å². The Labute approximate surface area is 184 Å². The van der Waals surface area contributed by atoms with E-state index in [1.165, 1.54) is 5.56 Å². The quantitative estimate of drug-likeness (QED) is 0.565. The molecule has 2 N–H and O–H groups in total. The number of aliphatic hydroxyl groups is 2. The lowest BCUT2D eigenvalue weighted by molar-refractivity contribution is 0.0278. The zero-order valence-electron chi connectivity index (χ0n) is 17.8. The van der Waals surface area contributed by atoms with Gasteiger partial charge < -0.3 is 19.8 Å². The summed E-state index contributed by atoms with van der Waals surface area (Å²) < 4.78 is 5.80. The van der Waals surface area contributed by atoms with Gasteiger partial charge in [-0.1, -0.05) is 72.8 Å². The Balaban J connectivity index is 1.20. The standard InChI is InChI=1S/C27H31NO3/c29-25(20-31-26-13-11-22(12-14-26)21-7-3-1-4-8-21)19-28-17-15-24(16-18-28)27(30)23-9-5-2-6-10-23/h1-14,24-25,27,29-30H,15-20H2. The minimum Gasteiger partial charge on any atom is -0.491 e. The third kappa shape index (κ3) is 5.95. The molecule has 4 nitrogen and oxygen atoms in total. The summed E-state index contributed by atoms with van der Waals surface area (Å²) in [6.45, 7) is 2.64. The number of hydrogen-bond donors (Lipinski definition) is 2. The molecule has 4 rings (SSSR count). The number of ether oxygens (including phenoxy) is 1. The predicted molar refractivity (Wildman–Crippen MR) is 124 cm³/mol. The molecular weight excluding hydrogens is 386 g/mol. The number of piperidine rings is 1. The maximum absolute atomic E-state index is 10.6. The van der Waals surface area contributed by atoms with E-state index in [9.17, 15) is 10.2 Å². The second kappa shape index (κ2) is 10.6. The van der Waals surface area contributed by atoms with Gasteiger partial charge in [-0.05, 0) is 60.7 Å². The van der Waals surface area contributed by atoms with Crippen molar-refractivity contribution >= 4 is 0 Å². The van der Waals surface area contributed by atoms with E-state index >= 15 is 0 Å². The first-order valence-corrected chi connectivity index (χ1v) is 11.1. The second-order valence-corrected chi connectivity index (χ2v) is 8.35. The third-order valence-electron chi connectivity index (χ3n) is 6.09. The minimum absolute atomic E-state index is 0.273. The first-order valence-electron chi connectivity index (χ1n) is 11.1. The van der Waals surface area contributed by atoms with Gasteiger partial charge in [-0.3, -0.25) is 0 Å². The largest absolute Gasteiger partial charge is 0.491 e. The van der Waals surface area contributed by atoms with Crippen LogP contribution in [0.5, 0.6) is 5.75 Å². The van der Waals surface area contributed by atoms with Crippen LogP contribution in [0, 0.1) is 5.92 Å². The van der Waals surface area contributed by atoms with Crippen LogP contribution < -0.4 is 4.74 Å². The van der Waals surface area contributed by atoms with Crippen molar-refractivity contribution in [3.05, 3.63) is 90.5 Å². The van der Waals surface area contributed by atoms with E-state index in [1.807, 2.05) is 72.8 Å². The lowest BCUT2D eigenvalue weighted by Gasteiger charge is -2.35. The predicted octanol–water partition coefficient (Wildman–Crippen LogP) is 4.54. The van der Waals surface area contributed by atoms with Crippen LogP contribution >= 0.6 is 0 Å².